The Labute approximate surface area is 179 Å². The molecule has 1 aliphatic carbocycles. The normalized spacial score (nSPS) is 20.5. The van der Waals surface area contributed by atoms with Gasteiger partial charge in [0.1, 0.15) is 0 Å². The molecule has 2 fully saturated rings. The zero-order valence-electron chi connectivity index (χ0n) is 18.5. The molecule has 0 aromatic heterocycles. The molecule has 1 aromatic carbocycles. The first kappa shape index (κ1) is 22.3. The summed E-state index contributed by atoms with van der Waals surface area (Å²) in [5, 5.41) is 6.09. The molecule has 0 bridgehead atoms. The second-order valence-electron chi connectivity index (χ2n) is 9.72. The van der Waals surface area contributed by atoms with Crippen LogP contribution >= 0.6 is 0 Å². The van der Waals surface area contributed by atoms with E-state index < -0.39 is 5.41 Å². The van der Waals surface area contributed by atoms with E-state index in [1.807, 2.05) is 20.8 Å². The van der Waals surface area contributed by atoms with E-state index in [2.05, 4.69) is 10.6 Å². The summed E-state index contributed by atoms with van der Waals surface area (Å²) in [5.74, 6) is -0.236. The van der Waals surface area contributed by atoms with Gasteiger partial charge in [0, 0.05) is 35.8 Å². The summed E-state index contributed by atoms with van der Waals surface area (Å²) < 4.78 is 0. The van der Waals surface area contributed by atoms with Crippen molar-refractivity contribution in [3.63, 3.8) is 0 Å². The lowest BCUT2D eigenvalue weighted by Gasteiger charge is -2.33. The summed E-state index contributed by atoms with van der Waals surface area (Å²) in [6.45, 7) is 6.66. The molecule has 1 atom stereocenters. The lowest BCUT2D eigenvalue weighted by atomic mass is 9.92. The minimum Gasteiger partial charge on any atom is -0.353 e. The summed E-state index contributed by atoms with van der Waals surface area (Å²) in [6, 6.07) is 7.35. The molecule has 1 saturated carbocycles. The summed E-state index contributed by atoms with van der Waals surface area (Å²) in [5.41, 5.74) is 0.644. The fraction of sp³-hybridized carbons (Fsp3) is 0.625. The zero-order chi connectivity index (χ0) is 21.7. The molecule has 3 rings (SSSR count). The van der Waals surface area contributed by atoms with Crippen LogP contribution in [-0.4, -0.2) is 41.8 Å². The van der Waals surface area contributed by atoms with E-state index in [1.165, 1.54) is 19.3 Å². The molecule has 0 radical (unpaired) electrons. The lowest BCUT2D eigenvalue weighted by molar-refractivity contribution is -0.127. The maximum absolute atomic E-state index is 13.1. The average molecular weight is 414 g/mol. The molecule has 2 aliphatic rings. The van der Waals surface area contributed by atoms with Crippen LogP contribution in [0.1, 0.15) is 76.1 Å². The molecular formula is C24H35N3O3. The Bertz CT molecular complexity index is 778. The van der Waals surface area contributed by atoms with Gasteiger partial charge in [0.2, 0.25) is 11.8 Å². The number of likely N-dealkylation sites (tertiary alicyclic amines) is 1. The standard InChI is InChI=1S/C24H35N3O3/c1-24(2,3)23(30)26-20-13-7-9-17(15-20)22(29)27-14-8-10-18(16-27)21(28)25-19-11-5-4-6-12-19/h7,9,13,15,18-19H,4-6,8,10-12,14,16H2,1-3H3,(H,25,28)(H,26,30)/t18-/m0/s1. The number of hydrogen-bond donors (Lipinski definition) is 2. The molecule has 1 saturated heterocycles. The van der Waals surface area contributed by atoms with Crippen molar-refractivity contribution in [1.82, 2.24) is 10.2 Å². The van der Waals surface area contributed by atoms with Gasteiger partial charge in [0.15, 0.2) is 0 Å². The molecule has 1 aromatic rings. The number of nitrogens with zero attached hydrogens (tertiary/aromatic N) is 1. The maximum atomic E-state index is 13.1. The largest absolute Gasteiger partial charge is 0.353 e. The van der Waals surface area contributed by atoms with Gasteiger partial charge >= 0.3 is 0 Å². The van der Waals surface area contributed by atoms with Crippen LogP contribution in [-0.2, 0) is 9.59 Å². The molecular weight excluding hydrogens is 378 g/mol. The van der Waals surface area contributed by atoms with Crippen LogP contribution < -0.4 is 10.6 Å². The first-order chi connectivity index (χ1) is 14.2. The van der Waals surface area contributed by atoms with Gasteiger partial charge in [-0.05, 0) is 43.9 Å². The van der Waals surface area contributed by atoms with Crippen molar-refractivity contribution in [3.8, 4) is 0 Å². The number of anilines is 1. The third-order valence-electron chi connectivity index (χ3n) is 6.08. The van der Waals surface area contributed by atoms with Gasteiger partial charge in [-0.3, -0.25) is 14.4 Å². The van der Waals surface area contributed by atoms with E-state index >= 15 is 0 Å². The quantitative estimate of drug-likeness (QED) is 0.784. The van der Waals surface area contributed by atoms with Crippen LogP contribution in [0.4, 0.5) is 5.69 Å². The molecule has 6 heteroatoms. The molecule has 0 unspecified atom stereocenters. The fourth-order valence-electron chi connectivity index (χ4n) is 4.17. The first-order valence-electron chi connectivity index (χ1n) is 11.3. The Morgan fingerprint density at radius 2 is 1.73 bits per heavy atom. The van der Waals surface area contributed by atoms with Crippen LogP contribution in [0.15, 0.2) is 24.3 Å². The summed E-state index contributed by atoms with van der Waals surface area (Å²) in [6.07, 6.45) is 7.40. The van der Waals surface area contributed by atoms with Crippen LogP contribution in [0.5, 0.6) is 0 Å². The topological polar surface area (TPSA) is 78.5 Å². The number of nitrogens with one attached hydrogen (secondary N) is 2. The first-order valence-corrected chi connectivity index (χ1v) is 11.3. The number of benzene rings is 1. The number of carbonyl (C=O) groups is 3. The highest BCUT2D eigenvalue weighted by atomic mass is 16.2. The van der Waals surface area contributed by atoms with Gasteiger partial charge in [-0.25, -0.2) is 0 Å². The molecule has 3 amide bonds. The van der Waals surface area contributed by atoms with Gasteiger partial charge in [-0.2, -0.15) is 0 Å². The average Bonchev–Trinajstić information content (AvgIpc) is 2.73. The van der Waals surface area contributed by atoms with Crippen molar-refractivity contribution in [2.45, 2.75) is 71.8 Å². The van der Waals surface area contributed by atoms with E-state index in [1.54, 1.807) is 29.2 Å². The van der Waals surface area contributed by atoms with Gasteiger partial charge in [-0.15, -0.1) is 0 Å². The van der Waals surface area contributed by atoms with Crippen LogP contribution in [0.25, 0.3) is 0 Å². The number of amides is 3. The second-order valence-corrected chi connectivity index (χ2v) is 9.72. The van der Waals surface area contributed by atoms with E-state index in [0.717, 1.165) is 25.7 Å². The minimum absolute atomic E-state index is 0.0861. The Hall–Kier alpha value is -2.37. The third-order valence-corrected chi connectivity index (χ3v) is 6.08. The highest BCUT2D eigenvalue weighted by Crippen LogP contribution is 2.23. The molecule has 0 spiro atoms. The Kier molecular flexibility index (Phi) is 7.16. The van der Waals surface area contributed by atoms with Crippen molar-refractivity contribution < 1.29 is 14.4 Å². The van der Waals surface area contributed by atoms with E-state index in [9.17, 15) is 14.4 Å². The zero-order valence-corrected chi connectivity index (χ0v) is 18.5. The van der Waals surface area contributed by atoms with Gasteiger partial charge in [0.25, 0.3) is 5.91 Å². The smallest absolute Gasteiger partial charge is 0.253 e. The monoisotopic (exact) mass is 413 g/mol. The Balaban J connectivity index is 1.61. The number of hydrogen-bond acceptors (Lipinski definition) is 3. The summed E-state index contributed by atoms with van der Waals surface area (Å²) >= 11 is 0. The molecule has 1 heterocycles. The SMILES string of the molecule is CC(C)(C)C(=O)Nc1cccc(C(=O)N2CCC[C@H](C(=O)NC3CCCCC3)C2)c1. The van der Waals surface area contributed by atoms with Crippen molar-refractivity contribution in [1.29, 1.82) is 0 Å². The number of carbonyl (C=O) groups excluding carboxylic acids is 3. The maximum Gasteiger partial charge on any atom is 0.253 e. The van der Waals surface area contributed by atoms with Gasteiger partial charge < -0.3 is 15.5 Å². The van der Waals surface area contributed by atoms with E-state index in [4.69, 9.17) is 0 Å². The molecule has 1 aliphatic heterocycles. The van der Waals surface area contributed by atoms with Crippen molar-refractivity contribution >= 4 is 23.4 Å². The Morgan fingerprint density at radius 3 is 2.43 bits per heavy atom. The summed E-state index contributed by atoms with van der Waals surface area (Å²) in [4.78, 5) is 39.8. The van der Waals surface area contributed by atoms with Crippen molar-refractivity contribution in [2.75, 3.05) is 18.4 Å². The van der Waals surface area contributed by atoms with E-state index in [-0.39, 0.29) is 23.6 Å². The highest BCUT2D eigenvalue weighted by molar-refractivity contribution is 5.98. The highest BCUT2D eigenvalue weighted by Gasteiger charge is 2.30. The van der Waals surface area contributed by atoms with Gasteiger partial charge in [-0.1, -0.05) is 46.1 Å². The van der Waals surface area contributed by atoms with Crippen molar-refractivity contribution in [2.24, 2.45) is 11.3 Å². The predicted molar refractivity (Wildman–Crippen MR) is 118 cm³/mol. The third kappa shape index (κ3) is 5.83. The van der Waals surface area contributed by atoms with Gasteiger partial charge in [0.05, 0.1) is 5.92 Å². The fourth-order valence-corrected chi connectivity index (χ4v) is 4.17. The van der Waals surface area contributed by atoms with Crippen molar-refractivity contribution in [3.05, 3.63) is 29.8 Å². The Morgan fingerprint density at radius 1 is 1.00 bits per heavy atom. The number of rotatable bonds is 4. The molecule has 6 nitrogen and oxygen atoms in total. The second kappa shape index (κ2) is 9.63. The predicted octanol–water partition coefficient (Wildman–Crippen LogP) is 3.97. The molecule has 164 valence electrons. The molecule has 30 heavy (non-hydrogen) atoms. The lowest BCUT2D eigenvalue weighted by Crippen LogP contribution is -2.47. The van der Waals surface area contributed by atoms with Crippen LogP contribution in [0, 0.1) is 11.3 Å². The summed E-state index contributed by atoms with van der Waals surface area (Å²) in [7, 11) is 0. The molecule has 2 N–H and O–H groups in total. The minimum atomic E-state index is -0.508. The van der Waals surface area contributed by atoms with Crippen LogP contribution in [0.3, 0.4) is 0 Å². The van der Waals surface area contributed by atoms with E-state index in [0.29, 0.717) is 30.4 Å². The number of piperidine rings is 1. The van der Waals surface area contributed by atoms with Crippen LogP contribution in [0.2, 0.25) is 0 Å².